The van der Waals surface area contributed by atoms with Crippen LogP contribution in [0.2, 0.25) is 0 Å². The van der Waals surface area contributed by atoms with Gasteiger partial charge in [-0.3, -0.25) is 9.89 Å². The SMILES string of the molecule is O=C(CCc1n[nH]c2c1CCCC2)N1CC[C@]2(CCCN(CC3CCCCC3)C2)C1. The minimum Gasteiger partial charge on any atom is -0.342 e. The van der Waals surface area contributed by atoms with Gasteiger partial charge in [-0.1, -0.05) is 19.3 Å². The van der Waals surface area contributed by atoms with E-state index in [1.807, 2.05) is 0 Å². The highest BCUT2D eigenvalue weighted by Gasteiger charge is 2.42. The molecule has 3 heterocycles. The lowest BCUT2D eigenvalue weighted by molar-refractivity contribution is -0.130. The lowest BCUT2D eigenvalue weighted by atomic mass is 9.78. The number of rotatable bonds is 5. The Bertz CT molecular complexity index is 738. The van der Waals surface area contributed by atoms with Crippen LogP contribution in [0.1, 0.15) is 87.6 Å². The highest BCUT2D eigenvalue weighted by molar-refractivity contribution is 5.76. The number of nitrogens with one attached hydrogen (secondary N) is 1. The molecule has 1 atom stereocenters. The molecule has 5 rings (SSSR count). The zero-order valence-corrected chi connectivity index (χ0v) is 18.8. The number of nitrogens with zero attached hydrogens (tertiary/aromatic N) is 3. The molecule has 4 aliphatic rings. The Balaban J connectivity index is 1.13. The molecule has 3 fully saturated rings. The van der Waals surface area contributed by atoms with Crippen LogP contribution in [-0.2, 0) is 24.1 Å². The Labute approximate surface area is 182 Å². The van der Waals surface area contributed by atoms with Crippen molar-refractivity contribution < 1.29 is 4.79 Å². The Morgan fingerprint density at radius 1 is 1.00 bits per heavy atom. The third-order valence-electron chi connectivity index (χ3n) is 8.49. The molecule has 2 saturated heterocycles. The summed E-state index contributed by atoms with van der Waals surface area (Å²) in [4.78, 5) is 17.9. The van der Waals surface area contributed by atoms with Crippen molar-refractivity contribution in [1.29, 1.82) is 0 Å². The van der Waals surface area contributed by atoms with Crippen molar-refractivity contribution in [2.24, 2.45) is 11.3 Å². The van der Waals surface area contributed by atoms with Crippen LogP contribution >= 0.6 is 0 Å². The Kier molecular flexibility index (Phi) is 6.17. The van der Waals surface area contributed by atoms with Gasteiger partial charge in [0.1, 0.15) is 0 Å². The number of aromatic nitrogens is 2. The molecule has 0 aromatic carbocycles. The van der Waals surface area contributed by atoms with Gasteiger partial charge in [0.15, 0.2) is 0 Å². The number of fused-ring (bicyclic) bond motifs is 1. The van der Waals surface area contributed by atoms with Crippen molar-refractivity contribution in [2.75, 3.05) is 32.7 Å². The molecule has 1 N–H and O–H groups in total. The maximum Gasteiger partial charge on any atom is 0.222 e. The van der Waals surface area contributed by atoms with Crippen LogP contribution in [0, 0.1) is 11.3 Å². The van der Waals surface area contributed by atoms with E-state index in [1.165, 1.54) is 95.1 Å². The molecule has 0 radical (unpaired) electrons. The Hall–Kier alpha value is -1.36. The lowest BCUT2D eigenvalue weighted by Gasteiger charge is -2.42. The molecule has 2 aliphatic heterocycles. The van der Waals surface area contributed by atoms with Gasteiger partial charge >= 0.3 is 0 Å². The van der Waals surface area contributed by atoms with Crippen molar-refractivity contribution in [2.45, 2.75) is 89.9 Å². The van der Waals surface area contributed by atoms with Gasteiger partial charge in [-0.05, 0) is 75.8 Å². The van der Waals surface area contributed by atoms with Gasteiger partial charge in [0, 0.05) is 50.1 Å². The molecule has 1 spiro atoms. The molecule has 166 valence electrons. The van der Waals surface area contributed by atoms with E-state index in [4.69, 9.17) is 0 Å². The highest BCUT2D eigenvalue weighted by Crippen LogP contribution is 2.40. The van der Waals surface area contributed by atoms with Crippen molar-refractivity contribution >= 4 is 5.91 Å². The van der Waals surface area contributed by atoms with E-state index in [-0.39, 0.29) is 0 Å². The standard InChI is InChI=1S/C25H40N4O/c30-24(12-11-23-21-9-4-5-10-22(21)26-27-23)29-16-14-25(19-29)13-6-15-28(18-25)17-20-7-2-1-3-8-20/h20H,1-19H2,(H,26,27)/t25-/m0/s1. The third-order valence-corrected chi connectivity index (χ3v) is 8.49. The predicted molar refractivity (Wildman–Crippen MR) is 119 cm³/mol. The Morgan fingerprint density at radius 3 is 2.77 bits per heavy atom. The van der Waals surface area contributed by atoms with Crippen molar-refractivity contribution in [3.05, 3.63) is 17.0 Å². The van der Waals surface area contributed by atoms with Crippen LogP contribution in [0.5, 0.6) is 0 Å². The number of carbonyl (C=O) groups excluding carboxylic acids is 1. The van der Waals surface area contributed by atoms with Crippen molar-refractivity contribution in [1.82, 2.24) is 20.0 Å². The average Bonchev–Trinajstić information content (AvgIpc) is 3.37. The fraction of sp³-hybridized carbons (Fsp3) is 0.840. The normalized spacial score (nSPS) is 28.2. The molecule has 2 aliphatic carbocycles. The molecule has 1 aromatic heterocycles. The molecule has 1 amide bonds. The van der Waals surface area contributed by atoms with E-state index in [9.17, 15) is 4.79 Å². The van der Waals surface area contributed by atoms with Gasteiger partial charge in [0.2, 0.25) is 5.91 Å². The molecule has 0 bridgehead atoms. The Morgan fingerprint density at radius 2 is 1.87 bits per heavy atom. The van der Waals surface area contributed by atoms with Gasteiger partial charge in [0.05, 0.1) is 5.69 Å². The van der Waals surface area contributed by atoms with E-state index in [1.54, 1.807) is 0 Å². The monoisotopic (exact) mass is 412 g/mol. The first kappa shape index (κ1) is 20.5. The van der Waals surface area contributed by atoms with E-state index in [2.05, 4.69) is 20.0 Å². The minimum atomic E-state index is 0.351. The predicted octanol–water partition coefficient (Wildman–Crippen LogP) is 4.12. The number of aromatic amines is 1. The van der Waals surface area contributed by atoms with Crippen molar-refractivity contribution in [3.8, 4) is 0 Å². The number of likely N-dealkylation sites (tertiary alicyclic amines) is 2. The summed E-state index contributed by atoms with van der Waals surface area (Å²) in [5.74, 6) is 1.27. The molecule has 0 unspecified atom stereocenters. The molecule has 5 heteroatoms. The number of hydrogen-bond donors (Lipinski definition) is 1. The highest BCUT2D eigenvalue weighted by atomic mass is 16.2. The summed E-state index contributed by atoms with van der Waals surface area (Å²) < 4.78 is 0. The van der Waals surface area contributed by atoms with E-state index in [0.29, 0.717) is 17.7 Å². The van der Waals surface area contributed by atoms with Crippen molar-refractivity contribution in [3.63, 3.8) is 0 Å². The summed E-state index contributed by atoms with van der Waals surface area (Å²) in [7, 11) is 0. The number of carbonyl (C=O) groups is 1. The number of amides is 1. The number of H-pyrrole nitrogens is 1. The summed E-state index contributed by atoms with van der Waals surface area (Å²) in [6.45, 7) is 5.76. The second kappa shape index (κ2) is 9.02. The summed E-state index contributed by atoms with van der Waals surface area (Å²) in [6, 6.07) is 0. The fourth-order valence-corrected chi connectivity index (χ4v) is 6.82. The fourth-order valence-electron chi connectivity index (χ4n) is 6.82. The number of hydrogen-bond acceptors (Lipinski definition) is 3. The number of piperidine rings is 1. The molecular formula is C25H40N4O. The van der Waals surface area contributed by atoms with Gasteiger partial charge in [-0.15, -0.1) is 0 Å². The second-order valence-electron chi connectivity index (χ2n) is 10.7. The summed E-state index contributed by atoms with van der Waals surface area (Å²) in [5.41, 5.74) is 4.26. The quantitative estimate of drug-likeness (QED) is 0.792. The van der Waals surface area contributed by atoms with Crippen LogP contribution in [0.4, 0.5) is 0 Å². The maximum absolute atomic E-state index is 13.0. The van der Waals surface area contributed by atoms with Gasteiger partial charge in [0.25, 0.3) is 0 Å². The first-order chi connectivity index (χ1) is 14.7. The van der Waals surface area contributed by atoms with E-state index in [0.717, 1.165) is 44.0 Å². The lowest BCUT2D eigenvalue weighted by Crippen LogP contribution is -2.47. The largest absolute Gasteiger partial charge is 0.342 e. The van der Waals surface area contributed by atoms with Gasteiger partial charge in [-0.2, -0.15) is 5.10 Å². The van der Waals surface area contributed by atoms with Crippen LogP contribution in [0.3, 0.4) is 0 Å². The average molecular weight is 413 g/mol. The number of aryl methyl sites for hydroxylation is 2. The van der Waals surface area contributed by atoms with Gasteiger partial charge < -0.3 is 9.80 Å². The van der Waals surface area contributed by atoms with Gasteiger partial charge in [-0.25, -0.2) is 0 Å². The minimum absolute atomic E-state index is 0.351. The molecule has 30 heavy (non-hydrogen) atoms. The molecule has 5 nitrogen and oxygen atoms in total. The first-order valence-corrected chi connectivity index (χ1v) is 12.8. The van der Waals surface area contributed by atoms with E-state index < -0.39 is 0 Å². The second-order valence-corrected chi connectivity index (χ2v) is 10.7. The molecule has 1 aromatic rings. The maximum atomic E-state index is 13.0. The smallest absolute Gasteiger partial charge is 0.222 e. The molecular weight excluding hydrogens is 372 g/mol. The van der Waals surface area contributed by atoms with Crippen LogP contribution in [0.15, 0.2) is 0 Å². The zero-order valence-electron chi connectivity index (χ0n) is 18.8. The topological polar surface area (TPSA) is 52.2 Å². The van der Waals surface area contributed by atoms with Crippen LogP contribution in [-0.4, -0.2) is 58.6 Å². The van der Waals surface area contributed by atoms with E-state index >= 15 is 0 Å². The first-order valence-electron chi connectivity index (χ1n) is 12.8. The van der Waals surface area contributed by atoms with Crippen LogP contribution in [0.25, 0.3) is 0 Å². The summed E-state index contributed by atoms with van der Waals surface area (Å²) >= 11 is 0. The zero-order chi connectivity index (χ0) is 20.4. The van der Waals surface area contributed by atoms with Crippen LogP contribution < -0.4 is 0 Å². The summed E-state index contributed by atoms with van der Waals surface area (Å²) in [6.07, 6.45) is 17.2. The summed E-state index contributed by atoms with van der Waals surface area (Å²) in [5, 5.41) is 7.77. The third kappa shape index (κ3) is 4.46. The molecule has 1 saturated carbocycles.